The van der Waals surface area contributed by atoms with Gasteiger partial charge in [-0.2, -0.15) is 13.2 Å². The number of benzene rings is 2. The first-order valence-electron chi connectivity index (χ1n) is 12.6. The number of carbonyl (C=O) groups is 4. The Kier molecular flexibility index (Phi) is 9.08. The van der Waals surface area contributed by atoms with Gasteiger partial charge >= 0.3 is 18.1 Å². The highest BCUT2D eigenvalue weighted by molar-refractivity contribution is 6.07. The molecule has 0 atom stereocenters. The van der Waals surface area contributed by atoms with Gasteiger partial charge in [-0.1, -0.05) is 20.8 Å². The molecule has 0 unspecified atom stereocenters. The summed E-state index contributed by atoms with van der Waals surface area (Å²) in [6.07, 6.45) is -5.47. The minimum atomic E-state index is -5.47. The van der Waals surface area contributed by atoms with Crippen LogP contribution in [-0.2, 0) is 31.1 Å². The predicted molar refractivity (Wildman–Crippen MR) is 143 cm³/mol. The molecular formula is C28H29F4N3O8. The first kappa shape index (κ1) is 32.8. The lowest BCUT2D eigenvalue weighted by atomic mass is 9.84. The molecule has 0 aromatic heterocycles. The Morgan fingerprint density at radius 2 is 1.70 bits per heavy atom. The van der Waals surface area contributed by atoms with Crippen molar-refractivity contribution in [3.63, 3.8) is 0 Å². The number of anilines is 1. The summed E-state index contributed by atoms with van der Waals surface area (Å²) in [5.41, 5.74) is -0.925. The van der Waals surface area contributed by atoms with Crippen LogP contribution in [0.3, 0.4) is 0 Å². The van der Waals surface area contributed by atoms with Gasteiger partial charge in [0, 0.05) is 24.6 Å². The second kappa shape index (κ2) is 11.9. The largest absolute Gasteiger partial charge is 0.505 e. The minimum absolute atomic E-state index is 0.0348. The van der Waals surface area contributed by atoms with Crippen LogP contribution in [0, 0.1) is 11.2 Å². The molecule has 0 saturated heterocycles. The van der Waals surface area contributed by atoms with Gasteiger partial charge in [0.15, 0.2) is 23.1 Å². The molecule has 3 rings (SSSR count). The third-order valence-electron chi connectivity index (χ3n) is 6.56. The number of hydrogen-bond donors (Lipinski definition) is 2. The van der Waals surface area contributed by atoms with E-state index >= 15 is 4.39 Å². The number of alkyl halides is 3. The zero-order valence-electron chi connectivity index (χ0n) is 24.1. The van der Waals surface area contributed by atoms with Crippen molar-refractivity contribution < 1.29 is 56.1 Å². The molecule has 2 N–H and O–H groups in total. The summed E-state index contributed by atoms with van der Waals surface area (Å²) in [7, 11) is 2.55. The smallest absolute Gasteiger partial charge is 0.491 e. The summed E-state index contributed by atoms with van der Waals surface area (Å²) in [6.45, 7) is 4.28. The fourth-order valence-corrected chi connectivity index (χ4v) is 4.47. The van der Waals surface area contributed by atoms with Crippen LogP contribution in [0.2, 0.25) is 0 Å². The molecule has 0 spiro atoms. The second-order valence-corrected chi connectivity index (χ2v) is 10.6. The molecule has 11 nitrogen and oxygen atoms in total. The minimum Gasteiger partial charge on any atom is -0.505 e. The van der Waals surface area contributed by atoms with Gasteiger partial charge in [0.25, 0.3) is 0 Å². The zero-order valence-corrected chi connectivity index (χ0v) is 24.1. The number of phenolic OH excluding ortho intramolecular Hbond substituents is 1. The van der Waals surface area contributed by atoms with Gasteiger partial charge in [0.2, 0.25) is 5.91 Å². The van der Waals surface area contributed by atoms with Gasteiger partial charge in [-0.15, -0.1) is 0 Å². The number of ether oxygens (including phenoxy) is 3. The lowest BCUT2D eigenvalue weighted by Gasteiger charge is -2.28. The molecule has 0 radical (unpaired) electrons. The van der Waals surface area contributed by atoms with Crippen molar-refractivity contribution >= 4 is 35.2 Å². The Morgan fingerprint density at radius 1 is 1.07 bits per heavy atom. The van der Waals surface area contributed by atoms with Crippen LogP contribution in [0.4, 0.5) is 23.2 Å². The summed E-state index contributed by atoms with van der Waals surface area (Å²) in [5, 5.41) is 19.5. The number of esters is 2. The molecule has 0 saturated carbocycles. The van der Waals surface area contributed by atoms with Crippen LogP contribution in [0.25, 0.3) is 0 Å². The maximum atomic E-state index is 15.2. The van der Waals surface area contributed by atoms with E-state index in [1.54, 1.807) is 20.8 Å². The van der Waals surface area contributed by atoms with Gasteiger partial charge in [0.1, 0.15) is 18.1 Å². The SMILES string of the molecule is COc1cc2c(c(F)c1OC)C(=N)N(CC(=O)c1cc(N(CC(=O)OC(=O)C(F)(F)F)C(C)=O)c(O)c(C(C)(C)C)c1)C2. The Morgan fingerprint density at radius 3 is 2.21 bits per heavy atom. The van der Waals surface area contributed by atoms with E-state index in [4.69, 9.17) is 14.9 Å². The van der Waals surface area contributed by atoms with Crippen molar-refractivity contribution in [2.45, 2.75) is 45.8 Å². The average molecular weight is 612 g/mol. The molecule has 15 heteroatoms. The number of ketones is 1. The number of amides is 1. The number of nitrogens with zero attached hydrogens (tertiary/aromatic N) is 2. The van der Waals surface area contributed by atoms with Crippen molar-refractivity contribution in [3.8, 4) is 17.2 Å². The maximum absolute atomic E-state index is 15.2. The molecule has 1 aliphatic rings. The Labute approximate surface area is 243 Å². The third-order valence-corrected chi connectivity index (χ3v) is 6.56. The van der Waals surface area contributed by atoms with Gasteiger partial charge in [-0.25, -0.2) is 14.0 Å². The topological polar surface area (TPSA) is 147 Å². The summed E-state index contributed by atoms with van der Waals surface area (Å²) in [4.78, 5) is 51.0. The highest BCUT2D eigenvalue weighted by Gasteiger charge is 2.43. The molecule has 1 amide bonds. The summed E-state index contributed by atoms with van der Waals surface area (Å²) in [6, 6.07) is 3.87. The van der Waals surface area contributed by atoms with E-state index in [1.165, 1.54) is 31.3 Å². The van der Waals surface area contributed by atoms with Gasteiger partial charge < -0.3 is 24.2 Å². The van der Waals surface area contributed by atoms with Gasteiger partial charge in [-0.3, -0.25) is 19.9 Å². The van der Waals surface area contributed by atoms with Crippen LogP contribution in [0.15, 0.2) is 18.2 Å². The molecule has 43 heavy (non-hydrogen) atoms. The molecule has 0 aliphatic carbocycles. The van der Waals surface area contributed by atoms with Gasteiger partial charge in [-0.05, 0) is 29.2 Å². The number of rotatable bonds is 8. The highest BCUT2D eigenvalue weighted by atomic mass is 19.4. The van der Waals surface area contributed by atoms with Crippen LogP contribution in [0.5, 0.6) is 17.2 Å². The number of carbonyl (C=O) groups excluding carboxylic acids is 4. The molecule has 0 bridgehead atoms. The fraction of sp³-hybridized carbons (Fsp3) is 0.393. The third kappa shape index (κ3) is 6.70. The maximum Gasteiger partial charge on any atom is 0.491 e. The lowest BCUT2D eigenvalue weighted by Crippen LogP contribution is -2.38. The lowest BCUT2D eigenvalue weighted by molar-refractivity contribution is -0.201. The molecular weight excluding hydrogens is 582 g/mol. The standard InChI is InChI=1S/C28H29F4N3O8/c1-13(36)35(12-20(38)43-26(40)28(30,31)32)17-8-14(7-16(23(17)39)27(2,3)4)18(37)11-34-10-15-9-19(41-5)24(42-6)22(29)21(15)25(34)33/h7-9,33,39H,10-12H2,1-6H3. The van der Waals surface area contributed by atoms with E-state index in [-0.39, 0.29) is 40.6 Å². The Hall–Kier alpha value is -4.69. The van der Waals surface area contributed by atoms with Crippen molar-refractivity contribution in [1.82, 2.24) is 4.90 Å². The van der Waals surface area contributed by atoms with E-state index in [1.807, 2.05) is 0 Å². The Bertz CT molecular complexity index is 1520. The molecule has 2 aromatic carbocycles. The Balaban J connectivity index is 1.99. The number of phenols is 1. The molecule has 232 valence electrons. The van der Waals surface area contributed by atoms with Crippen molar-refractivity contribution in [2.24, 2.45) is 0 Å². The summed E-state index contributed by atoms with van der Waals surface area (Å²) in [5.74, 6) is -7.89. The number of nitrogens with one attached hydrogen (secondary N) is 1. The van der Waals surface area contributed by atoms with E-state index < -0.39 is 65.6 Å². The predicted octanol–water partition coefficient (Wildman–Crippen LogP) is 3.85. The number of halogens is 4. The quantitative estimate of drug-likeness (QED) is 0.197. The van der Waals surface area contributed by atoms with Crippen LogP contribution in [0.1, 0.15) is 54.7 Å². The number of fused-ring (bicyclic) bond motifs is 1. The van der Waals surface area contributed by atoms with E-state index in [2.05, 4.69) is 4.74 Å². The fourth-order valence-electron chi connectivity index (χ4n) is 4.47. The monoisotopic (exact) mass is 611 g/mol. The molecule has 2 aromatic rings. The van der Waals surface area contributed by atoms with E-state index in [9.17, 15) is 37.5 Å². The first-order valence-corrected chi connectivity index (χ1v) is 12.6. The molecule has 1 heterocycles. The normalized spacial score (nSPS) is 13.0. The van der Waals surface area contributed by atoms with Crippen LogP contribution < -0.4 is 14.4 Å². The number of hydrogen-bond acceptors (Lipinski definition) is 9. The van der Waals surface area contributed by atoms with Crippen molar-refractivity contribution in [1.29, 1.82) is 5.41 Å². The van der Waals surface area contributed by atoms with Crippen molar-refractivity contribution in [2.75, 3.05) is 32.2 Å². The van der Waals surface area contributed by atoms with E-state index in [0.29, 0.717) is 10.5 Å². The highest BCUT2D eigenvalue weighted by Crippen LogP contribution is 2.41. The average Bonchev–Trinajstić information content (AvgIpc) is 3.20. The van der Waals surface area contributed by atoms with Crippen molar-refractivity contribution in [3.05, 3.63) is 46.3 Å². The van der Waals surface area contributed by atoms with E-state index in [0.717, 1.165) is 13.0 Å². The van der Waals surface area contributed by atoms with Gasteiger partial charge in [0.05, 0.1) is 32.0 Å². The van der Waals surface area contributed by atoms with Crippen LogP contribution >= 0.6 is 0 Å². The second-order valence-electron chi connectivity index (χ2n) is 10.6. The molecule has 0 fully saturated rings. The zero-order chi connectivity index (χ0) is 32.6. The number of methoxy groups -OCH3 is 2. The number of amidine groups is 1. The first-order chi connectivity index (χ1) is 19.8. The van der Waals surface area contributed by atoms with Crippen LogP contribution in [-0.4, -0.2) is 73.0 Å². The summed E-state index contributed by atoms with van der Waals surface area (Å²) >= 11 is 0. The number of Topliss-reactive ketones (excluding diaryl/α,β-unsaturated/α-hetero) is 1. The summed E-state index contributed by atoms with van der Waals surface area (Å²) < 4.78 is 66.8. The molecule has 1 aliphatic heterocycles. The number of aromatic hydroxyl groups is 1.